The molecule has 0 saturated heterocycles. The molecule has 5 rings (SSSR count). The molecule has 0 bridgehead atoms. The second-order valence-electron chi connectivity index (χ2n) is 7.99. The van der Waals surface area contributed by atoms with Crippen molar-refractivity contribution in [2.45, 2.75) is 19.3 Å². The van der Waals surface area contributed by atoms with Gasteiger partial charge in [0.25, 0.3) is 0 Å². The quantitative estimate of drug-likeness (QED) is 0.195. The van der Waals surface area contributed by atoms with E-state index in [9.17, 15) is 0 Å². The van der Waals surface area contributed by atoms with E-state index in [4.69, 9.17) is 4.11 Å². The van der Waals surface area contributed by atoms with Crippen LogP contribution in [0.25, 0.3) is 22.5 Å². The van der Waals surface area contributed by atoms with Gasteiger partial charge in [0.15, 0.2) is 0 Å². The predicted octanol–water partition coefficient (Wildman–Crippen LogP) is 7.42. The Kier molecular flexibility index (Phi) is 7.58. The minimum Gasteiger partial charge on any atom is -0.305 e. The van der Waals surface area contributed by atoms with Gasteiger partial charge >= 0.3 is 0 Å². The van der Waals surface area contributed by atoms with Crippen LogP contribution in [0.4, 0.5) is 0 Å². The van der Waals surface area contributed by atoms with Crippen molar-refractivity contribution in [2.75, 3.05) is 0 Å². The number of benzene rings is 3. The molecule has 0 amide bonds. The minimum atomic E-state index is -0.102. The van der Waals surface area contributed by atoms with Gasteiger partial charge < -0.3 is 9.97 Å². The normalized spacial score (nSPS) is 11.6. The number of aromatic nitrogens is 2. The summed E-state index contributed by atoms with van der Waals surface area (Å²) >= 11 is 0. The Hall–Kier alpha value is -3.39. The predicted molar refractivity (Wildman–Crippen MR) is 136 cm³/mol. The van der Waals surface area contributed by atoms with Crippen molar-refractivity contribution in [1.82, 2.24) is 9.97 Å². The maximum atomic E-state index is 7.50. The van der Waals surface area contributed by atoms with Crippen molar-refractivity contribution in [3.8, 4) is 22.5 Å². The second-order valence-corrected chi connectivity index (χ2v) is 7.99. The second kappa shape index (κ2) is 12.2. The van der Waals surface area contributed by atoms with E-state index < -0.39 is 0 Å². The van der Waals surface area contributed by atoms with E-state index in [2.05, 4.69) is 78.4 Å². The molecule has 0 aliphatic heterocycles. The molecular weight excluding hydrogens is 593 g/mol. The van der Waals surface area contributed by atoms with E-state index in [1.165, 1.54) is 17.2 Å². The van der Waals surface area contributed by atoms with Gasteiger partial charge in [0.1, 0.15) is 0 Å². The van der Waals surface area contributed by atoms with Crippen LogP contribution in [0.1, 0.15) is 29.1 Å². The molecular formula is C31H26IrN2-2. The summed E-state index contributed by atoms with van der Waals surface area (Å²) in [7, 11) is 0. The van der Waals surface area contributed by atoms with E-state index >= 15 is 0 Å². The summed E-state index contributed by atoms with van der Waals surface area (Å²) in [6, 6.07) is 35.5. The van der Waals surface area contributed by atoms with Crippen LogP contribution < -0.4 is 0 Å². The van der Waals surface area contributed by atoms with E-state index in [0.29, 0.717) is 11.3 Å². The summed E-state index contributed by atoms with van der Waals surface area (Å²) in [5, 5.41) is 0. The molecule has 34 heavy (non-hydrogen) atoms. The van der Waals surface area contributed by atoms with Crippen LogP contribution >= 0.6 is 0 Å². The van der Waals surface area contributed by atoms with Gasteiger partial charge in [-0.25, -0.2) is 0 Å². The molecule has 0 fully saturated rings. The van der Waals surface area contributed by atoms with Crippen LogP contribution in [-0.4, -0.2) is 9.97 Å². The largest absolute Gasteiger partial charge is 0.305 e. The fraction of sp³-hybridized carbons (Fsp3) is 0.0968. The Labute approximate surface area is 220 Å². The first kappa shape index (κ1) is 21.2. The molecule has 0 unspecified atom stereocenters. The standard InChI is InChI=1S/C20H18N.C11H8N.Ir/c1-20(2,17-11-7-4-8-12-17)18-13-14-21-19(15-18)16-9-5-3-6-10-16;1-2-6-10(7-3-1)11-8-4-5-9-12-11;/h3-9,11-15H,1-2H3;1-6,8-9H;/q2*-1;/i;1D,2D,3D;. The number of hydrogen-bond donors (Lipinski definition) is 0. The van der Waals surface area contributed by atoms with Gasteiger partial charge in [-0.3, -0.25) is 0 Å². The van der Waals surface area contributed by atoms with Crippen LogP contribution in [-0.2, 0) is 25.5 Å². The maximum absolute atomic E-state index is 7.50. The van der Waals surface area contributed by atoms with Crippen LogP contribution in [0.5, 0.6) is 0 Å². The van der Waals surface area contributed by atoms with Crippen molar-refractivity contribution in [3.05, 3.63) is 145 Å². The van der Waals surface area contributed by atoms with E-state index in [1.807, 2.05) is 36.5 Å². The average molecular weight is 622 g/mol. The number of hydrogen-bond acceptors (Lipinski definition) is 2. The molecule has 2 nitrogen and oxygen atoms in total. The first-order chi connectivity index (χ1) is 17.4. The van der Waals surface area contributed by atoms with Crippen molar-refractivity contribution < 1.29 is 24.2 Å². The third kappa shape index (κ3) is 6.35. The molecule has 0 aliphatic rings. The summed E-state index contributed by atoms with van der Waals surface area (Å²) in [6.07, 6.45) is 3.53. The fourth-order valence-corrected chi connectivity index (χ4v) is 3.48. The topological polar surface area (TPSA) is 25.8 Å². The minimum absolute atomic E-state index is 0. The molecule has 0 N–H and O–H groups in total. The Balaban J connectivity index is 0.000000211. The summed E-state index contributed by atoms with van der Waals surface area (Å²) in [5.41, 5.74) is 5.77. The Morgan fingerprint density at radius 1 is 0.676 bits per heavy atom. The molecule has 0 saturated carbocycles. The monoisotopic (exact) mass is 622 g/mol. The van der Waals surface area contributed by atoms with Gasteiger partial charge in [0.05, 0.1) is 0 Å². The molecule has 2 aromatic heterocycles. The van der Waals surface area contributed by atoms with E-state index in [0.717, 1.165) is 11.3 Å². The molecule has 1 radical (unpaired) electrons. The zero-order valence-electron chi connectivity index (χ0n) is 22.0. The SMILES string of the molecule is CC(C)(c1ccccc1)c1ccnc(-c2[c-]cccc2)c1.[2H]c1[c-]c(-c2ccccn2)cc([2H])c1[2H].[Ir]. The molecule has 0 spiro atoms. The zero-order chi connectivity index (χ0) is 25.5. The zero-order valence-corrected chi connectivity index (χ0v) is 21.4. The molecule has 0 aliphatic carbocycles. The van der Waals surface area contributed by atoms with Gasteiger partial charge in [0.2, 0.25) is 0 Å². The maximum Gasteiger partial charge on any atom is 0.0406 e. The average Bonchev–Trinajstić information content (AvgIpc) is 2.93. The van der Waals surface area contributed by atoms with Gasteiger partial charge in [-0.2, -0.15) is 0 Å². The summed E-state index contributed by atoms with van der Waals surface area (Å²) in [5.74, 6) is 0. The van der Waals surface area contributed by atoms with Crippen LogP contribution in [0.2, 0.25) is 0 Å². The van der Waals surface area contributed by atoms with Crippen molar-refractivity contribution in [1.29, 1.82) is 0 Å². The first-order valence-corrected chi connectivity index (χ1v) is 10.8. The van der Waals surface area contributed by atoms with Gasteiger partial charge in [-0.05, 0) is 36.0 Å². The number of rotatable bonds is 4. The molecule has 171 valence electrons. The number of nitrogens with zero attached hydrogens (tertiary/aromatic N) is 2. The smallest absolute Gasteiger partial charge is 0.0406 e. The third-order valence-corrected chi connectivity index (χ3v) is 5.45. The molecule has 0 atom stereocenters. The van der Waals surface area contributed by atoms with Gasteiger partial charge in [-0.15, -0.1) is 71.7 Å². The number of pyridine rings is 2. The van der Waals surface area contributed by atoms with Gasteiger partial charge in [-0.1, -0.05) is 62.4 Å². The summed E-state index contributed by atoms with van der Waals surface area (Å²) in [4.78, 5) is 8.59. The van der Waals surface area contributed by atoms with E-state index in [-0.39, 0.29) is 43.6 Å². The fourth-order valence-electron chi connectivity index (χ4n) is 3.48. The van der Waals surface area contributed by atoms with Crippen LogP contribution in [0.3, 0.4) is 0 Å². The molecule has 5 aromatic rings. The van der Waals surface area contributed by atoms with Gasteiger partial charge in [0, 0.05) is 40.7 Å². The Morgan fingerprint density at radius 2 is 1.41 bits per heavy atom. The van der Waals surface area contributed by atoms with E-state index in [1.54, 1.807) is 18.3 Å². The van der Waals surface area contributed by atoms with Crippen LogP contribution in [0.15, 0.2) is 122 Å². The first-order valence-electron chi connectivity index (χ1n) is 12.3. The summed E-state index contributed by atoms with van der Waals surface area (Å²) < 4.78 is 22.3. The molecule has 2 heterocycles. The molecule has 3 heteroatoms. The van der Waals surface area contributed by atoms with Crippen LogP contribution in [0, 0.1) is 12.1 Å². The van der Waals surface area contributed by atoms with Crippen molar-refractivity contribution in [3.63, 3.8) is 0 Å². The Bertz CT molecular complexity index is 1400. The summed E-state index contributed by atoms with van der Waals surface area (Å²) in [6.45, 7) is 4.49. The van der Waals surface area contributed by atoms with Crippen molar-refractivity contribution in [2.24, 2.45) is 0 Å². The third-order valence-electron chi connectivity index (χ3n) is 5.45. The van der Waals surface area contributed by atoms with Crippen molar-refractivity contribution >= 4 is 0 Å². The molecule has 3 aromatic carbocycles. The Morgan fingerprint density at radius 3 is 2.12 bits per heavy atom.